The third kappa shape index (κ3) is 3.21. The van der Waals surface area contributed by atoms with Gasteiger partial charge in [0.15, 0.2) is 0 Å². The lowest BCUT2D eigenvalue weighted by Crippen LogP contribution is -1.88. The molecule has 0 bridgehead atoms. The number of unbranched alkanes of at least 4 members (excludes halogenated alkanes) is 1. The van der Waals surface area contributed by atoms with Crippen LogP contribution in [0.5, 0.6) is 0 Å². The minimum absolute atomic E-state index is 0.499. The second kappa shape index (κ2) is 5.51. The highest BCUT2D eigenvalue weighted by molar-refractivity contribution is 6.32. The molecule has 0 aliphatic rings. The second-order valence-corrected chi connectivity index (χ2v) is 3.84. The molecule has 1 aromatic rings. The predicted molar refractivity (Wildman–Crippen MR) is 59.6 cm³/mol. The van der Waals surface area contributed by atoms with Gasteiger partial charge in [-0.15, -0.1) is 11.6 Å². The topological polar surface area (TPSA) is 0 Å². The molecule has 0 radical (unpaired) electrons. The number of benzene rings is 1. The Labute approximate surface area is 89.9 Å². The normalized spacial score (nSPS) is 10.4. The van der Waals surface area contributed by atoms with Gasteiger partial charge in [0.2, 0.25) is 0 Å². The fourth-order valence-corrected chi connectivity index (χ4v) is 1.74. The molecule has 1 rings (SSSR count). The van der Waals surface area contributed by atoms with E-state index in [-0.39, 0.29) is 0 Å². The molecule has 0 unspecified atom stereocenters. The summed E-state index contributed by atoms with van der Waals surface area (Å²) in [4.78, 5) is 0. The van der Waals surface area contributed by atoms with Crippen molar-refractivity contribution in [3.8, 4) is 0 Å². The molecular formula is C11H14Cl2. The highest BCUT2D eigenvalue weighted by Crippen LogP contribution is 2.20. The summed E-state index contributed by atoms with van der Waals surface area (Å²) in [5, 5.41) is 0.773. The van der Waals surface area contributed by atoms with E-state index in [1.807, 2.05) is 6.07 Å². The van der Waals surface area contributed by atoms with Crippen molar-refractivity contribution in [2.24, 2.45) is 0 Å². The van der Waals surface area contributed by atoms with E-state index in [0.29, 0.717) is 5.88 Å². The van der Waals surface area contributed by atoms with E-state index in [2.05, 4.69) is 19.1 Å². The molecule has 0 nitrogen and oxygen atoms in total. The summed E-state index contributed by atoms with van der Waals surface area (Å²) in [6.07, 6.45) is 3.57. The molecule has 0 heterocycles. The van der Waals surface area contributed by atoms with Crippen molar-refractivity contribution >= 4 is 23.2 Å². The average molecular weight is 217 g/mol. The molecule has 0 aliphatic heterocycles. The van der Waals surface area contributed by atoms with Crippen LogP contribution in [0.2, 0.25) is 5.02 Å². The first-order valence-corrected chi connectivity index (χ1v) is 5.52. The molecule has 2 heteroatoms. The van der Waals surface area contributed by atoms with Crippen molar-refractivity contribution in [1.29, 1.82) is 0 Å². The summed E-state index contributed by atoms with van der Waals surface area (Å²) in [5.41, 5.74) is 2.37. The maximum absolute atomic E-state index is 5.95. The predicted octanol–water partition coefficient (Wildman–Crippen LogP) is 4.42. The Morgan fingerprint density at radius 2 is 2.08 bits per heavy atom. The van der Waals surface area contributed by atoms with Gasteiger partial charge in [-0.1, -0.05) is 37.1 Å². The lowest BCUT2D eigenvalue weighted by molar-refractivity contribution is 0.794. The quantitative estimate of drug-likeness (QED) is 0.655. The van der Waals surface area contributed by atoms with Crippen LogP contribution in [0.4, 0.5) is 0 Å². The van der Waals surface area contributed by atoms with E-state index < -0.39 is 0 Å². The lowest BCUT2D eigenvalue weighted by atomic mass is 10.1. The van der Waals surface area contributed by atoms with E-state index >= 15 is 0 Å². The molecule has 0 spiro atoms. The zero-order valence-electron chi connectivity index (χ0n) is 7.82. The van der Waals surface area contributed by atoms with Crippen molar-refractivity contribution in [1.82, 2.24) is 0 Å². The number of rotatable bonds is 4. The van der Waals surface area contributed by atoms with Crippen LogP contribution >= 0.6 is 23.2 Å². The summed E-state index contributed by atoms with van der Waals surface area (Å²) >= 11 is 11.7. The minimum atomic E-state index is 0.499. The Morgan fingerprint density at radius 3 is 2.69 bits per heavy atom. The molecule has 0 saturated heterocycles. The number of hydrogen-bond donors (Lipinski definition) is 0. The van der Waals surface area contributed by atoms with Gasteiger partial charge >= 0.3 is 0 Å². The number of hydrogen-bond acceptors (Lipinski definition) is 0. The van der Waals surface area contributed by atoms with Gasteiger partial charge in [0.25, 0.3) is 0 Å². The molecule has 0 amide bonds. The number of halogens is 2. The Balaban J connectivity index is 2.74. The van der Waals surface area contributed by atoms with E-state index in [1.165, 1.54) is 18.4 Å². The van der Waals surface area contributed by atoms with E-state index in [1.54, 1.807) is 0 Å². The first kappa shape index (κ1) is 10.9. The van der Waals surface area contributed by atoms with E-state index in [4.69, 9.17) is 23.2 Å². The van der Waals surface area contributed by atoms with Gasteiger partial charge in [-0.25, -0.2) is 0 Å². The summed E-state index contributed by atoms with van der Waals surface area (Å²) in [7, 11) is 0. The highest BCUT2D eigenvalue weighted by atomic mass is 35.5. The molecule has 0 saturated carbocycles. The maximum Gasteiger partial charge on any atom is 0.0488 e. The van der Waals surface area contributed by atoms with E-state index in [9.17, 15) is 0 Å². The Bertz CT molecular complexity index is 269. The van der Waals surface area contributed by atoms with Crippen LogP contribution in [0.15, 0.2) is 18.2 Å². The summed E-state index contributed by atoms with van der Waals surface area (Å²) in [6.45, 7) is 2.19. The molecule has 72 valence electrons. The zero-order chi connectivity index (χ0) is 9.68. The molecular weight excluding hydrogens is 203 g/mol. The lowest BCUT2D eigenvalue weighted by Gasteiger charge is -2.04. The fourth-order valence-electron chi connectivity index (χ4n) is 1.27. The fraction of sp³-hybridized carbons (Fsp3) is 0.455. The van der Waals surface area contributed by atoms with Gasteiger partial charge in [0.1, 0.15) is 0 Å². The standard InChI is InChI=1S/C11H14Cl2/c1-2-3-4-9-5-6-11(13)10(7-9)8-12/h5-7H,2-4,8H2,1H3. The molecule has 0 atom stereocenters. The summed E-state index contributed by atoms with van der Waals surface area (Å²) < 4.78 is 0. The molecule has 0 fully saturated rings. The minimum Gasteiger partial charge on any atom is -0.121 e. The largest absolute Gasteiger partial charge is 0.121 e. The van der Waals surface area contributed by atoms with Crippen LogP contribution in [-0.4, -0.2) is 0 Å². The first-order valence-electron chi connectivity index (χ1n) is 4.61. The van der Waals surface area contributed by atoms with Crippen LogP contribution in [0.25, 0.3) is 0 Å². The smallest absolute Gasteiger partial charge is 0.0488 e. The molecule has 0 aromatic heterocycles. The van der Waals surface area contributed by atoms with Gasteiger partial charge in [0.05, 0.1) is 0 Å². The van der Waals surface area contributed by atoms with Crippen LogP contribution in [-0.2, 0) is 12.3 Å². The maximum atomic E-state index is 5.95. The van der Waals surface area contributed by atoms with Gasteiger partial charge in [-0.3, -0.25) is 0 Å². The highest BCUT2D eigenvalue weighted by Gasteiger charge is 2.00. The number of alkyl halides is 1. The third-order valence-electron chi connectivity index (χ3n) is 2.07. The molecule has 0 N–H and O–H groups in total. The van der Waals surface area contributed by atoms with Crippen molar-refractivity contribution in [2.45, 2.75) is 32.1 Å². The van der Waals surface area contributed by atoms with Gasteiger partial charge in [-0.2, -0.15) is 0 Å². The van der Waals surface area contributed by atoms with Crippen LogP contribution < -0.4 is 0 Å². The van der Waals surface area contributed by atoms with Gasteiger partial charge in [0, 0.05) is 10.9 Å². The Morgan fingerprint density at radius 1 is 1.31 bits per heavy atom. The van der Waals surface area contributed by atoms with Crippen molar-refractivity contribution in [2.75, 3.05) is 0 Å². The monoisotopic (exact) mass is 216 g/mol. The summed E-state index contributed by atoms with van der Waals surface area (Å²) in [5.74, 6) is 0.499. The molecule has 13 heavy (non-hydrogen) atoms. The Kier molecular flexibility index (Phi) is 4.61. The number of aryl methyl sites for hydroxylation is 1. The van der Waals surface area contributed by atoms with Crippen molar-refractivity contribution < 1.29 is 0 Å². The van der Waals surface area contributed by atoms with Crippen LogP contribution in [0.3, 0.4) is 0 Å². The van der Waals surface area contributed by atoms with Crippen molar-refractivity contribution in [3.05, 3.63) is 34.3 Å². The molecule has 1 aromatic carbocycles. The van der Waals surface area contributed by atoms with Gasteiger partial charge in [-0.05, 0) is 30.0 Å². The Hall–Kier alpha value is -0.200. The average Bonchev–Trinajstić information content (AvgIpc) is 2.16. The third-order valence-corrected chi connectivity index (χ3v) is 2.73. The molecule has 0 aliphatic carbocycles. The van der Waals surface area contributed by atoms with Crippen LogP contribution in [0.1, 0.15) is 30.9 Å². The van der Waals surface area contributed by atoms with Gasteiger partial charge < -0.3 is 0 Å². The summed E-state index contributed by atoms with van der Waals surface area (Å²) in [6, 6.07) is 6.11. The second-order valence-electron chi connectivity index (χ2n) is 3.16. The van der Waals surface area contributed by atoms with E-state index in [0.717, 1.165) is 17.0 Å². The first-order chi connectivity index (χ1) is 6.27. The zero-order valence-corrected chi connectivity index (χ0v) is 9.33. The van der Waals surface area contributed by atoms with Crippen molar-refractivity contribution in [3.63, 3.8) is 0 Å². The van der Waals surface area contributed by atoms with Crippen LogP contribution in [0, 0.1) is 0 Å². The SMILES string of the molecule is CCCCc1ccc(Cl)c(CCl)c1.